The van der Waals surface area contributed by atoms with E-state index in [1.807, 2.05) is 0 Å². The van der Waals surface area contributed by atoms with Gasteiger partial charge in [-0.05, 0) is 54.1 Å². The van der Waals surface area contributed by atoms with Gasteiger partial charge < -0.3 is 10.4 Å². The highest BCUT2D eigenvalue weighted by molar-refractivity contribution is 7.17. The molecule has 0 aliphatic carbocycles. The third kappa shape index (κ3) is 4.00. The lowest BCUT2D eigenvalue weighted by Gasteiger charge is -2.06. The zero-order valence-corrected chi connectivity index (χ0v) is 13.5. The van der Waals surface area contributed by atoms with Crippen LogP contribution in [0.2, 0.25) is 0 Å². The topological polar surface area (TPSA) is 49.3 Å². The smallest absolute Gasteiger partial charge is 0.416 e. The van der Waals surface area contributed by atoms with Gasteiger partial charge in [-0.3, -0.25) is 4.79 Å². The molecule has 2 N–H and O–H groups in total. The molecule has 0 saturated heterocycles. The first-order valence-corrected chi connectivity index (χ1v) is 8.02. The van der Waals surface area contributed by atoms with E-state index in [2.05, 4.69) is 5.32 Å². The number of phenolic OH excluding ortho intramolecular Hbond substituents is 1. The van der Waals surface area contributed by atoms with Crippen molar-refractivity contribution in [2.24, 2.45) is 0 Å². The number of rotatable bonds is 3. The second-order valence-corrected chi connectivity index (χ2v) is 6.32. The van der Waals surface area contributed by atoms with Gasteiger partial charge in [-0.15, -0.1) is 11.3 Å². The van der Waals surface area contributed by atoms with Crippen molar-refractivity contribution >= 4 is 22.9 Å². The van der Waals surface area contributed by atoms with Crippen LogP contribution in [-0.2, 0) is 6.18 Å². The van der Waals surface area contributed by atoms with Crippen LogP contribution in [0.4, 0.5) is 18.9 Å². The van der Waals surface area contributed by atoms with E-state index in [-0.39, 0.29) is 11.7 Å². The molecule has 3 rings (SSSR count). The van der Waals surface area contributed by atoms with Gasteiger partial charge in [0.25, 0.3) is 5.91 Å². The fourth-order valence-electron chi connectivity index (χ4n) is 2.18. The lowest BCUT2D eigenvalue weighted by atomic mass is 10.1. The van der Waals surface area contributed by atoms with E-state index >= 15 is 0 Å². The molecular formula is C18H12F3NO2S. The van der Waals surface area contributed by atoms with Crippen molar-refractivity contribution in [1.82, 2.24) is 0 Å². The number of hydrogen-bond donors (Lipinski definition) is 2. The standard InChI is InChI=1S/C18H12F3NO2S/c19-18(20,21)12-3-1-11(2-4-12)15-9-10-16(25-15)17(24)22-13-5-7-14(23)8-6-13/h1-10,23H,(H,22,24). The fourth-order valence-corrected chi connectivity index (χ4v) is 3.08. The van der Waals surface area contributed by atoms with Gasteiger partial charge >= 0.3 is 6.18 Å². The molecule has 2 aromatic carbocycles. The highest BCUT2D eigenvalue weighted by Gasteiger charge is 2.30. The summed E-state index contributed by atoms with van der Waals surface area (Å²) in [6.07, 6.45) is -4.37. The van der Waals surface area contributed by atoms with E-state index in [0.29, 0.717) is 21.0 Å². The Morgan fingerprint density at radius 2 is 1.56 bits per heavy atom. The highest BCUT2D eigenvalue weighted by Crippen LogP contribution is 2.33. The van der Waals surface area contributed by atoms with Crippen molar-refractivity contribution < 1.29 is 23.1 Å². The zero-order chi connectivity index (χ0) is 18.0. The molecule has 0 bridgehead atoms. The quantitative estimate of drug-likeness (QED) is 0.613. The first kappa shape index (κ1) is 17.0. The Morgan fingerprint density at radius 3 is 2.16 bits per heavy atom. The maximum atomic E-state index is 12.6. The minimum atomic E-state index is -4.37. The molecule has 7 heteroatoms. The molecule has 25 heavy (non-hydrogen) atoms. The minimum absolute atomic E-state index is 0.0960. The zero-order valence-electron chi connectivity index (χ0n) is 12.7. The SMILES string of the molecule is O=C(Nc1ccc(O)cc1)c1ccc(-c2ccc(C(F)(F)F)cc2)s1. The van der Waals surface area contributed by atoms with Crippen LogP contribution in [0.15, 0.2) is 60.7 Å². The van der Waals surface area contributed by atoms with Gasteiger partial charge in [0, 0.05) is 10.6 Å². The van der Waals surface area contributed by atoms with Crippen LogP contribution in [0.5, 0.6) is 5.75 Å². The predicted molar refractivity (Wildman–Crippen MR) is 90.8 cm³/mol. The second kappa shape index (κ2) is 6.60. The number of alkyl halides is 3. The van der Waals surface area contributed by atoms with Crippen molar-refractivity contribution in [3.63, 3.8) is 0 Å². The van der Waals surface area contributed by atoms with Crippen LogP contribution >= 0.6 is 11.3 Å². The summed E-state index contributed by atoms with van der Waals surface area (Å²) in [7, 11) is 0. The number of carbonyl (C=O) groups excluding carboxylic acids is 1. The molecule has 128 valence electrons. The average molecular weight is 363 g/mol. The molecule has 0 spiro atoms. The Labute approximate surface area is 145 Å². The summed E-state index contributed by atoms with van der Waals surface area (Å²) in [6.45, 7) is 0. The number of phenols is 1. The lowest BCUT2D eigenvalue weighted by Crippen LogP contribution is -2.09. The first-order chi connectivity index (χ1) is 11.8. The minimum Gasteiger partial charge on any atom is -0.508 e. The molecule has 0 aliphatic rings. The summed E-state index contributed by atoms with van der Waals surface area (Å²) >= 11 is 1.19. The Balaban J connectivity index is 1.75. The number of hydrogen-bond acceptors (Lipinski definition) is 3. The summed E-state index contributed by atoms with van der Waals surface area (Å²) in [5, 5.41) is 11.9. The highest BCUT2D eigenvalue weighted by atomic mass is 32.1. The summed E-state index contributed by atoms with van der Waals surface area (Å²) in [5.74, 6) is -0.229. The molecule has 0 radical (unpaired) electrons. The Hall–Kier alpha value is -2.80. The molecule has 1 heterocycles. The molecule has 3 nitrogen and oxygen atoms in total. The van der Waals surface area contributed by atoms with Gasteiger partial charge in [-0.25, -0.2) is 0 Å². The number of benzene rings is 2. The third-order valence-electron chi connectivity index (χ3n) is 3.45. The Bertz CT molecular complexity index is 884. The van der Waals surface area contributed by atoms with Gasteiger partial charge in [0.15, 0.2) is 0 Å². The lowest BCUT2D eigenvalue weighted by molar-refractivity contribution is -0.137. The maximum absolute atomic E-state index is 12.6. The van der Waals surface area contributed by atoms with Gasteiger partial charge in [0.2, 0.25) is 0 Å². The number of anilines is 1. The molecule has 1 aromatic heterocycles. The number of thiophene rings is 1. The van der Waals surface area contributed by atoms with E-state index in [0.717, 1.165) is 12.1 Å². The van der Waals surface area contributed by atoms with Crippen LogP contribution in [0, 0.1) is 0 Å². The Kier molecular flexibility index (Phi) is 4.50. The van der Waals surface area contributed by atoms with Crippen LogP contribution in [-0.4, -0.2) is 11.0 Å². The van der Waals surface area contributed by atoms with Crippen molar-refractivity contribution in [3.05, 3.63) is 71.1 Å². The third-order valence-corrected chi connectivity index (χ3v) is 4.58. The van der Waals surface area contributed by atoms with Gasteiger partial charge in [0.1, 0.15) is 5.75 Å². The molecular weight excluding hydrogens is 351 g/mol. The van der Waals surface area contributed by atoms with Crippen molar-refractivity contribution in [3.8, 4) is 16.2 Å². The average Bonchev–Trinajstić information content (AvgIpc) is 3.06. The molecule has 0 aliphatic heterocycles. The largest absolute Gasteiger partial charge is 0.508 e. The molecule has 0 fully saturated rings. The van der Waals surface area contributed by atoms with E-state index in [1.165, 1.54) is 35.6 Å². The number of aromatic hydroxyl groups is 1. The van der Waals surface area contributed by atoms with E-state index < -0.39 is 11.7 Å². The summed E-state index contributed by atoms with van der Waals surface area (Å²) in [4.78, 5) is 13.3. The van der Waals surface area contributed by atoms with Gasteiger partial charge in [-0.1, -0.05) is 12.1 Å². The van der Waals surface area contributed by atoms with Crippen LogP contribution in [0.25, 0.3) is 10.4 Å². The first-order valence-electron chi connectivity index (χ1n) is 7.21. The fraction of sp³-hybridized carbons (Fsp3) is 0.0556. The van der Waals surface area contributed by atoms with Crippen molar-refractivity contribution in [2.75, 3.05) is 5.32 Å². The summed E-state index contributed by atoms with van der Waals surface area (Å²) in [6, 6.07) is 14.2. The normalized spacial score (nSPS) is 11.3. The van der Waals surface area contributed by atoms with Gasteiger partial charge in [-0.2, -0.15) is 13.2 Å². The summed E-state index contributed by atoms with van der Waals surface area (Å²) in [5.41, 5.74) is 0.437. The number of nitrogens with one attached hydrogen (secondary N) is 1. The number of halogens is 3. The molecule has 0 saturated carbocycles. The predicted octanol–water partition coefficient (Wildman–Crippen LogP) is 5.39. The molecule has 1 amide bonds. The second-order valence-electron chi connectivity index (χ2n) is 5.24. The monoisotopic (exact) mass is 363 g/mol. The van der Waals surface area contributed by atoms with Crippen molar-refractivity contribution in [2.45, 2.75) is 6.18 Å². The Morgan fingerprint density at radius 1 is 0.920 bits per heavy atom. The number of amides is 1. The molecule has 0 atom stereocenters. The van der Waals surface area contributed by atoms with Gasteiger partial charge in [0.05, 0.1) is 10.4 Å². The van der Waals surface area contributed by atoms with Crippen LogP contribution in [0.3, 0.4) is 0 Å². The van der Waals surface area contributed by atoms with Crippen molar-refractivity contribution in [1.29, 1.82) is 0 Å². The number of carbonyl (C=O) groups is 1. The molecule has 3 aromatic rings. The summed E-state index contributed by atoms with van der Waals surface area (Å²) < 4.78 is 37.8. The van der Waals surface area contributed by atoms with E-state index in [4.69, 9.17) is 0 Å². The van der Waals surface area contributed by atoms with Crippen LogP contribution < -0.4 is 5.32 Å². The van der Waals surface area contributed by atoms with E-state index in [9.17, 15) is 23.1 Å². The van der Waals surface area contributed by atoms with Crippen LogP contribution in [0.1, 0.15) is 15.2 Å². The molecule has 0 unspecified atom stereocenters. The van der Waals surface area contributed by atoms with E-state index in [1.54, 1.807) is 24.3 Å². The maximum Gasteiger partial charge on any atom is 0.416 e.